The second-order valence-electron chi connectivity index (χ2n) is 2.45. The SMILES string of the molecule is CP(=O)([O-])CC[C@H](N)C(=O)[O-].[Na+].[Na+]. The zero-order valence-electron chi connectivity index (χ0n) is 8.15. The molecule has 13 heavy (non-hydrogen) atoms. The topological polar surface area (TPSA) is 106 Å². The predicted molar refractivity (Wildman–Crippen MR) is 36.0 cm³/mol. The van der Waals surface area contributed by atoms with Crippen molar-refractivity contribution in [2.75, 3.05) is 12.8 Å². The van der Waals surface area contributed by atoms with Crippen molar-refractivity contribution in [2.45, 2.75) is 12.5 Å². The molecule has 0 aromatic rings. The second kappa shape index (κ2) is 8.89. The first-order chi connectivity index (χ1) is 4.83. The van der Waals surface area contributed by atoms with E-state index in [0.29, 0.717) is 0 Å². The third kappa shape index (κ3) is 13.6. The van der Waals surface area contributed by atoms with Crippen LogP contribution in [0, 0.1) is 0 Å². The minimum Gasteiger partial charge on any atom is -0.799 e. The Morgan fingerprint density at radius 3 is 2.15 bits per heavy atom. The van der Waals surface area contributed by atoms with Crippen LogP contribution in [0.25, 0.3) is 0 Å². The van der Waals surface area contributed by atoms with Gasteiger partial charge >= 0.3 is 59.1 Å². The molecular formula is C5H10NNa2O4P. The van der Waals surface area contributed by atoms with Crippen LogP contribution in [-0.2, 0) is 9.36 Å². The van der Waals surface area contributed by atoms with Crippen LogP contribution in [0.3, 0.4) is 0 Å². The van der Waals surface area contributed by atoms with Gasteiger partial charge in [-0.2, -0.15) is 0 Å². The number of rotatable bonds is 4. The van der Waals surface area contributed by atoms with Gasteiger partial charge in [0.1, 0.15) is 0 Å². The van der Waals surface area contributed by atoms with E-state index < -0.39 is 19.4 Å². The van der Waals surface area contributed by atoms with Gasteiger partial charge in [-0.25, -0.2) is 0 Å². The molecule has 0 aliphatic heterocycles. The van der Waals surface area contributed by atoms with E-state index in [1.165, 1.54) is 0 Å². The van der Waals surface area contributed by atoms with Gasteiger partial charge in [0, 0.05) is 13.4 Å². The van der Waals surface area contributed by atoms with Crippen molar-refractivity contribution in [3.8, 4) is 0 Å². The molecule has 5 nitrogen and oxygen atoms in total. The van der Waals surface area contributed by atoms with E-state index >= 15 is 0 Å². The molecule has 0 aliphatic rings. The van der Waals surface area contributed by atoms with Crippen LogP contribution in [0.5, 0.6) is 0 Å². The van der Waals surface area contributed by atoms with Gasteiger partial charge in [-0.1, -0.05) is 0 Å². The van der Waals surface area contributed by atoms with Crippen molar-refractivity contribution < 1.29 is 78.5 Å². The molecule has 2 N–H and O–H groups in total. The zero-order chi connectivity index (χ0) is 9.07. The molecule has 66 valence electrons. The molecule has 2 atom stereocenters. The summed E-state index contributed by atoms with van der Waals surface area (Å²) in [6, 6.07) is -1.18. The third-order valence-corrected chi connectivity index (χ3v) is 2.22. The van der Waals surface area contributed by atoms with E-state index in [-0.39, 0.29) is 71.7 Å². The smallest absolute Gasteiger partial charge is 0.799 e. The summed E-state index contributed by atoms with van der Waals surface area (Å²) in [4.78, 5) is 20.5. The number of carbonyl (C=O) groups excluding carboxylic acids is 1. The maximum Gasteiger partial charge on any atom is 1.00 e. The molecule has 0 heterocycles. The molecule has 0 aromatic heterocycles. The fourth-order valence-electron chi connectivity index (χ4n) is 0.491. The summed E-state index contributed by atoms with van der Waals surface area (Å²) in [5.41, 5.74) is 5.00. The fraction of sp³-hybridized carbons (Fsp3) is 0.800. The maximum atomic E-state index is 10.5. The Hall–Kier alpha value is 1.62. The summed E-state index contributed by atoms with van der Waals surface area (Å²) >= 11 is 0. The average Bonchev–Trinajstić information content (AvgIpc) is 1.80. The number of carboxylic acid groups (broad SMARTS) is 1. The van der Waals surface area contributed by atoms with Gasteiger partial charge in [-0.3, -0.25) is 0 Å². The van der Waals surface area contributed by atoms with E-state index in [2.05, 4.69) is 0 Å². The van der Waals surface area contributed by atoms with Crippen molar-refractivity contribution >= 4 is 13.3 Å². The van der Waals surface area contributed by atoms with Crippen LogP contribution in [0.1, 0.15) is 6.42 Å². The van der Waals surface area contributed by atoms with Gasteiger partial charge in [-0.15, -0.1) is 0 Å². The van der Waals surface area contributed by atoms with Gasteiger partial charge in [0.2, 0.25) is 0 Å². The quantitative estimate of drug-likeness (QED) is 0.377. The van der Waals surface area contributed by atoms with Crippen LogP contribution in [-0.4, -0.2) is 24.8 Å². The fourth-order valence-corrected chi connectivity index (χ4v) is 1.24. The molecule has 0 aromatic carbocycles. The van der Waals surface area contributed by atoms with Crippen molar-refractivity contribution in [1.82, 2.24) is 0 Å². The molecule has 8 heteroatoms. The second-order valence-corrected chi connectivity index (χ2v) is 4.93. The number of carbonyl (C=O) groups is 1. The molecular weight excluding hydrogens is 215 g/mol. The molecule has 1 unspecified atom stereocenters. The van der Waals surface area contributed by atoms with Crippen molar-refractivity contribution in [3.63, 3.8) is 0 Å². The van der Waals surface area contributed by atoms with Crippen molar-refractivity contribution in [1.29, 1.82) is 0 Å². The summed E-state index contributed by atoms with van der Waals surface area (Å²) in [6.45, 7) is 1.05. The summed E-state index contributed by atoms with van der Waals surface area (Å²) in [5.74, 6) is -1.42. The molecule has 0 radical (unpaired) electrons. The van der Waals surface area contributed by atoms with Crippen LogP contribution < -0.4 is 74.8 Å². The Balaban J connectivity index is -0.000000500. The monoisotopic (exact) mass is 225 g/mol. The van der Waals surface area contributed by atoms with E-state index in [0.717, 1.165) is 6.66 Å². The van der Waals surface area contributed by atoms with Gasteiger partial charge < -0.3 is 25.1 Å². The molecule has 0 saturated carbocycles. The number of nitrogens with two attached hydrogens (primary N) is 1. The molecule has 0 spiro atoms. The Morgan fingerprint density at radius 2 is 1.92 bits per heavy atom. The molecule has 0 amide bonds. The van der Waals surface area contributed by atoms with Crippen molar-refractivity contribution in [3.05, 3.63) is 0 Å². The Morgan fingerprint density at radius 1 is 1.54 bits per heavy atom. The first kappa shape index (κ1) is 20.1. The van der Waals surface area contributed by atoms with Crippen LogP contribution in [0.2, 0.25) is 0 Å². The minimum atomic E-state index is -3.38. The van der Waals surface area contributed by atoms with E-state index in [1.807, 2.05) is 0 Å². The normalized spacial score (nSPS) is 15.9. The standard InChI is InChI=1S/C5H12NO4P.2Na/c1-11(9,10)3-2-4(6)5(7)8;;/h4H,2-3,6H2,1H3,(H,7,8)(H,9,10);;/q;2*+1/p-2/t4-;;/m0../s1. The van der Waals surface area contributed by atoms with Crippen LogP contribution in [0.15, 0.2) is 0 Å². The number of hydrogen-bond acceptors (Lipinski definition) is 5. The van der Waals surface area contributed by atoms with Gasteiger partial charge in [-0.05, 0) is 19.2 Å². The third-order valence-electron chi connectivity index (χ3n) is 1.15. The number of aliphatic carboxylic acids is 1. The largest absolute Gasteiger partial charge is 1.00 e. The molecule has 0 saturated heterocycles. The predicted octanol–water partition coefficient (Wildman–Crippen LogP) is -8.27. The number of hydrogen-bond donors (Lipinski definition) is 1. The zero-order valence-corrected chi connectivity index (χ0v) is 13.0. The molecule has 0 fully saturated rings. The Kier molecular flexibility index (Phi) is 13.7. The number of carboxylic acids is 1. The molecule has 0 bridgehead atoms. The summed E-state index contributed by atoms with van der Waals surface area (Å²) in [5, 5.41) is 9.99. The van der Waals surface area contributed by atoms with Gasteiger partial charge in [0.15, 0.2) is 0 Å². The Bertz CT molecular complexity index is 195. The first-order valence-corrected chi connectivity index (χ1v) is 5.32. The van der Waals surface area contributed by atoms with Crippen LogP contribution in [0.4, 0.5) is 0 Å². The molecule has 0 rings (SSSR count). The van der Waals surface area contributed by atoms with E-state index in [4.69, 9.17) is 5.73 Å². The Labute approximate surface area is 121 Å². The average molecular weight is 225 g/mol. The molecule has 0 aliphatic carbocycles. The first-order valence-electron chi connectivity index (χ1n) is 3.07. The van der Waals surface area contributed by atoms with Crippen LogP contribution >= 0.6 is 7.37 Å². The van der Waals surface area contributed by atoms with Gasteiger partial charge in [0.25, 0.3) is 0 Å². The summed E-state index contributed by atoms with van der Waals surface area (Å²) in [7, 11) is -3.38. The maximum absolute atomic E-state index is 10.5. The minimum absolute atomic E-state index is 0. The van der Waals surface area contributed by atoms with E-state index in [1.54, 1.807) is 0 Å². The summed E-state index contributed by atoms with van der Waals surface area (Å²) < 4.78 is 10.5. The van der Waals surface area contributed by atoms with Crippen molar-refractivity contribution in [2.24, 2.45) is 5.73 Å². The van der Waals surface area contributed by atoms with E-state index in [9.17, 15) is 19.4 Å². The summed E-state index contributed by atoms with van der Waals surface area (Å²) in [6.07, 6.45) is -0.276. The van der Waals surface area contributed by atoms with Gasteiger partial charge in [0.05, 0.1) is 5.97 Å².